The van der Waals surface area contributed by atoms with Crippen LogP contribution in [-0.4, -0.2) is 15.1 Å². The third-order valence-corrected chi connectivity index (χ3v) is 4.79. The molecule has 5 nitrogen and oxygen atoms in total. The number of nitrogens with zero attached hydrogens (tertiary/aromatic N) is 2. The molecule has 0 spiro atoms. The molecular weight excluding hydrogens is 330 g/mol. The van der Waals surface area contributed by atoms with E-state index in [0.29, 0.717) is 26.6 Å². The molecule has 0 aliphatic rings. The summed E-state index contributed by atoms with van der Waals surface area (Å²) < 4.78 is 6.25. The monoisotopic (exact) mass is 339 g/mol. The fraction of sp³-hybridized carbons (Fsp3) is 0.250. The molecule has 3 aromatic heterocycles. The van der Waals surface area contributed by atoms with Crippen LogP contribution in [0.2, 0.25) is 0 Å². The molecule has 0 saturated heterocycles. The van der Waals surface area contributed by atoms with Gasteiger partial charge in [0.25, 0.3) is 5.89 Å². The predicted molar refractivity (Wildman–Crippen MR) is 77.6 cm³/mol. The van der Waals surface area contributed by atoms with Crippen LogP contribution in [0.3, 0.4) is 0 Å². The molecule has 3 heterocycles. The summed E-state index contributed by atoms with van der Waals surface area (Å²) >= 11 is 4.82. The summed E-state index contributed by atoms with van der Waals surface area (Å²) in [6.07, 6.45) is 0.902. The Hall–Kier alpha value is -1.47. The molecule has 0 fully saturated rings. The molecule has 0 amide bonds. The zero-order chi connectivity index (χ0) is 13.6. The van der Waals surface area contributed by atoms with Crippen LogP contribution in [0.5, 0.6) is 0 Å². The van der Waals surface area contributed by atoms with Crippen molar-refractivity contribution in [2.45, 2.75) is 20.3 Å². The zero-order valence-electron chi connectivity index (χ0n) is 10.3. The van der Waals surface area contributed by atoms with Crippen molar-refractivity contribution in [3.05, 3.63) is 31.5 Å². The van der Waals surface area contributed by atoms with Crippen LogP contribution >= 0.6 is 27.3 Å². The van der Waals surface area contributed by atoms with Crippen LogP contribution < -0.4 is 5.43 Å². The van der Waals surface area contributed by atoms with Crippen molar-refractivity contribution in [3.8, 4) is 11.6 Å². The fourth-order valence-corrected chi connectivity index (χ4v) is 3.42. The number of aryl methyl sites for hydroxylation is 2. The van der Waals surface area contributed by atoms with Gasteiger partial charge in [0.15, 0.2) is 5.82 Å². The Morgan fingerprint density at radius 1 is 1.53 bits per heavy atom. The molecule has 0 bridgehead atoms. The van der Waals surface area contributed by atoms with Gasteiger partial charge in [0.2, 0.25) is 5.43 Å². The molecule has 98 valence electrons. The number of hydrogen-bond donors (Lipinski definition) is 1. The van der Waals surface area contributed by atoms with Crippen LogP contribution in [-0.2, 0) is 6.42 Å². The lowest BCUT2D eigenvalue weighted by Gasteiger charge is -1.99. The topological polar surface area (TPSA) is 71.8 Å². The normalized spacial score (nSPS) is 11.3. The van der Waals surface area contributed by atoms with E-state index in [9.17, 15) is 4.79 Å². The first-order valence-electron chi connectivity index (χ1n) is 5.75. The number of nitrogens with one attached hydrogen (secondary N) is 1. The number of H-pyrrole nitrogens is 1. The maximum absolute atomic E-state index is 12.3. The molecule has 3 rings (SSSR count). The fourth-order valence-electron chi connectivity index (χ4n) is 1.83. The van der Waals surface area contributed by atoms with E-state index in [1.165, 1.54) is 11.3 Å². The van der Waals surface area contributed by atoms with Crippen molar-refractivity contribution in [1.29, 1.82) is 0 Å². The van der Waals surface area contributed by atoms with Crippen LogP contribution in [0.15, 0.2) is 19.9 Å². The van der Waals surface area contributed by atoms with Crippen LogP contribution in [0.4, 0.5) is 0 Å². The SMILES string of the molecule is CCc1cc2[nH]c(-c3nc(C)no3)c(Br)c(=O)c2s1. The largest absolute Gasteiger partial charge is 0.349 e. The van der Waals surface area contributed by atoms with Gasteiger partial charge in [-0.25, -0.2) is 0 Å². The van der Waals surface area contributed by atoms with Crippen molar-refractivity contribution in [2.24, 2.45) is 0 Å². The van der Waals surface area contributed by atoms with E-state index >= 15 is 0 Å². The third kappa shape index (κ3) is 2.02. The Bertz CT molecular complexity index is 818. The van der Waals surface area contributed by atoms with Gasteiger partial charge in [-0.1, -0.05) is 12.1 Å². The van der Waals surface area contributed by atoms with Gasteiger partial charge in [-0.15, -0.1) is 11.3 Å². The number of fused-ring (bicyclic) bond motifs is 1. The molecular formula is C12H10BrN3O2S. The average molecular weight is 340 g/mol. The summed E-state index contributed by atoms with van der Waals surface area (Å²) in [6.45, 7) is 3.80. The summed E-state index contributed by atoms with van der Waals surface area (Å²) in [7, 11) is 0. The Morgan fingerprint density at radius 2 is 2.32 bits per heavy atom. The lowest BCUT2D eigenvalue weighted by atomic mass is 10.3. The van der Waals surface area contributed by atoms with Crippen molar-refractivity contribution in [1.82, 2.24) is 15.1 Å². The Labute approximate surface area is 120 Å². The quantitative estimate of drug-likeness (QED) is 0.777. The molecule has 0 unspecified atom stereocenters. The van der Waals surface area contributed by atoms with Gasteiger partial charge in [0.1, 0.15) is 5.69 Å². The van der Waals surface area contributed by atoms with Gasteiger partial charge < -0.3 is 9.51 Å². The lowest BCUT2D eigenvalue weighted by molar-refractivity contribution is 0.424. The van der Waals surface area contributed by atoms with E-state index in [2.05, 4.69) is 38.0 Å². The van der Waals surface area contributed by atoms with Gasteiger partial charge in [0, 0.05) is 4.88 Å². The average Bonchev–Trinajstić information content (AvgIpc) is 2.99. The Morgan fingerprint density at radius 3 is 2.95 bits per heavy atom. The first kappa shape index (κ1) is 12.6. The highest BCUT2D eigenvalue weighted by Gasteiger charge is 2.17. The highest BCUT2D eigenvalue weighted by atomic mass is 79.9. The third-order valence-electron chi connectivity index (χ3n) is 2.76. The van der Waals surface area contributed by atoms with E-state index < -0.39 is 0 Å². The second-order valence-electron chi connectivity index (χ2n) is 4.10. The molecule has 0 saturated carbocycles. The maximum Gasteiger partial charge on any atom is 0.275 e. The summed E-state index contributed by atoms with van der Waals surface area (Å²) in [4.78, 5) is 20.8. The molecule has 0 aliphatic carbocycles. The minimum atomic E-state index is -0.0516. The second kappa shape index (κ2) is 4.57. The van der Waals surface area contributed by atoms with E-state index in [-0.39, 0.29) is 5.43 Å². The van der Waals surface area contributed by atoms with Crippen LogP contribution in [0.1, 0.15) is 17.6 Å². The molecule has 3 aromatic rings. The maximum atomic E-state index is 12.3. The molecule has 0 aliphatic heterocycles. The van der Waals surface area contributed by atoms with Gasteiger partial charge in [-0.05, 0) is 35.3 Å². The highest BCUT2D eigenvalue weighted by molar-refractivity contribution is 9.10. The van der Waals surface area contributed by atoms with Gasteiger partial charge >= 0.3 is 0 Å². The van der Waals surface area contributed by atoms with E-state index in [1.54, 1.807) is 6.92 Å². The van der Waals surface area contributed by atoms with Crippen molar-refractivity contribution in [2.75, 3.05) is 0 Å². The summed E-state index contributed by atoms with van der Waals surface area (Å²) in [5.74, 6) is 0.843. The molecule has 0 atom stereocenters. The number of halogens is 1. The summed E-state index contributed by atoms with van der Waals surface area (Å²) in [5, 5.41) is 3.74. The van der Waals surface area contributed by atoms with E-state index in [1.807, 2.05) is 6.07 Å². The van der Waals surface area contributed by atoms with Crippen molar-refractivity contribution >= 4 is 37.5 Å². The minimum Gasteiger partial charge on any atom is -0.349 e. The first-order chi connectivity index (χ1) is 9.10. The molecule has 19 heavy (non-hydrogen) atoms. The number of hydrogen-bond acceptors (Lipinski definition) is 5. The van der Waals surface area contributed by atoms with Crippen molar-refractivity contribution in [3.63, 3.8) is 0 Å². The zero-order valence-corrected chi connectivity index (χ0v) is 12.7. The first-order valence-corrected chi connectivity index (χ1v) is 7.36. The van der Waals surface area contributed by atoms with E-state index in [4.69, 9.17) is 4.52 Å². The summed E-state index contributed by atoms with van der Waals surface area (Å²) in [6, 6.07) is 1.99. The van der Waals surface area contributed by atoms with Gasteiger partial charge in [0.05, 0.1) is 14.7 Å². The second-order valence-corrected chi connectivity index (χ2v) is 6.03. The van der Waals surface area contributed by atoms with Gasteiger partial charge in [-0.2, -0.15) is 4.98 Å². The van der Waals surface area contributed by atoms with Crippen molar-refractivity contribution < 1.29 is 4.52 Å². The Balaban J connectivity index is 2.31. The minimum absolute atomic E-state index is 0.0516. The predicted octanol–water partition coefficient (Wildman–Crippen LogP) is 3.27. The van der Waals surface area contributed by atoms with Gasteiger partial charge in [-0.3, -0.25) is 4.79 Å². The molecule has 0 radical (unpaired) electrons. The van der Waals surface area contributed by atoms with Crippen LogP contribution in [0.25, 0.3) is 21.8 Å². The number of pyridine rings is 1. The standard InChI is InChI=1S/C12H10BrN3O2S/c1-3-6-4-7-11(19-6)10(17)8(13)9(15-7)12-14-5(2)16-18-12/h4H,3H2,1-2H3,(H,15,17). The molecule has 1 N–H and O–H groups in total. The Kier molecular flexibility index (Phi) is 3.02. The smallest absolute Gasteiger partial charge is 0.275 e. The number of aromatic amines is 1. The van der Waals surface area contributed by atoms with E-state index in [0.717, 1.165) is 16.8 Å². The highest BCUT2D eigenvalue weighted by Crippen LogP contribution is 2.29. The molecule has 0 aromatic carbocycles. The number of aromatic nitrogens is 3. The lowest BCUT2D eigenvalue weighted by Crippen LogP contribution is -2.04. The number of rotatable bonds is 2. The van der Waals surface area contributed by atoms with Crippen LogP contribution in [0, 0.1) is 6.92 Å². The summed E-state index contributed by atoms with van der Waals surface area (Å²) in [5.41, 5.74) is 1.28. The number of thiophene rings is 1. The molecule has 7 heteroatoms.